The summed E-state index contributed by atoms with van der Waals surface area (Å²) in [6.07, 6.45) is 20.6. The molecule has 0 aliphatic carbocycles. The Hall–Kier alpha value is -1.77. The molecule has 0 aliphatic heterocycles. The summed E-state index contributed by atoms with van der Waals surface area (Å²) in [6, 6.07) is 7.26. The van der Waals surface area contributed by atoms with Crippen LogP contribution >= 0.6 is 0 Å². The van der Waals surface area contributed by atoms with Gasteiger partial charge in [-0.2, -0.15) is 0 Å². The molecule has 0 saturated heterocycles. The summed E-state index contributed by atoms with van der Waals surface area (Å²) < 4.78 is 5.43. The fourth-order valence-electron chi connectivity index (χ4n) is 3.48. The number of rotatable bonds is 19. The van der Waals surface area contributed by atoms with E-state index in [-0.39, 0.29) is 5.91 Å². The molecule has 0 fully saturated rings. The van der Waals surface area contributed by atoms with Gasteiger partial charge >= 0.3 is 0 Å². The van der Waals surface area contributed by atoms with Crippen molar-refractivity contribution in [1.29, 1.82) is 0 Å². The minimum absolute atomic E-state index is 0.00466. The number of hydrogen-bond acceptors (Lipinski definition) is 2. The highest BCUT2D eigenvalue weighted by molar-refractivity contribution is 5.94. The van der Waals surface area contributed by atoms with Crippen LogP contribution in [-0.4, -0.2) is 19.1 Å². The van der Waals surface area contributed by atoms with Gasteiger partial charge in [-0.3, -0.25) is 4.79 Å². The summed E-state index contributed by atoms with van der Waals surface area (Å²) in [5.41, 5.74) is 0.682. The minimum Gasteiger partial charge on any atom is -0.490 e. The number of carbonyl (C=O) groups excluding carboxylic acids is 1. The number of carbonyl (C=O) groups is 1. The Kier molecular flexibility index (Phi) is 15.9. The van der Waals surface area contributed by atoms with E-state index in [2.05, 4.69) is 18.8 Å². The molecule has 0 aliphatic rings. The van der Waals surface area contributed by atoms with E-state index < -0.39 is 0 Å². The van der Waals surface area contributed by atoms with Gasteiger partial charge in [0.15, 0.2) is 0 Å². The van der Waals surface area contributed by atoms with Gasteiger partial charge in [-0.25, -0.2) is 0 Å². The third kappa shape index (κ3) is 13.9. The fraction of sp³-hybridized carbons (Fsp3) is 0.654. The zero-order valence-corrected chi connectivity index (χ0v) is 18.7. The molecule has 3 nitrogen and oxygen atoms in total. The molecule has 0 aromatic heterocycles. The molecule has 0 radical (unpaired) electrons. The molecule has 0 spiro atoms. The molecule has 0 heterocycles. The molecule has 1 N–H and O–H groups in total. The molecule has 1 amide bonds. The van der Waals surface area contributed by atoms with Gasteiger partial charge < -0.3 is 10.1 Å². The van der Waals surface area contributed by atoms with Crippen LogP contribution in [0.5, 0.6) is 5.75 Å². The second-order valence-corrected chi connectivity index (χ2v) is 7.98. The highest BCUT2D eigenvalue weighted by Crippen LogP contribution is 2.14. The van der Waals surface area contributed by atoms with E-state index in [0.29, 0.717) is 12.2 Å². The molecule has 0 bridgehead atoms. The maximum atomic E-state index is 12.1. The third-order valence-corrected chi connectivity index (χ3v) is 5.30. The van der Waals surface area contributed by atoms with E-state index >= 15 is 0 Å². The molecule has 0 saturated carbocycles. The van der Waals surface area contributed by atoms with Crippen LogP contribution in [0.1, 0.15) is 107 Å². The Morgan fingerprint density at radius 1 is 0.828 bits per heavy atom. The maximum Gasteiger partial charge on any atom is 0.251 e. The van der Waals surface area contributed by atoms with E-state index in [1.807, 2.05) is 12.1 Å². The highest BCUT2D eigenvalue weighted by atomic mass is 16.5. The molecule has 29 heavy (non-hydrogen) atoms. The van der Waals surface area contributed by atoms with Crippen LogP contribution in [0, 0.1) is 0 Å². The topological polar surface area (TPSA) is 38.3 Å². The molecule has 1 rings (SSSR count). The van der Waals surface area contributed by atoms with Crippen molar-refractivity contribution in [1.82, 2.24) is 5.32 Å². The van der Waals surface area contributed by atoms with Crippen molar-refractivity contribution < 1.29 is 9.53 Å². The van der Waals surface area contributed by atoms with Gasteiger partial charge in [0, 0.05) is 12.1 Å². The highest BCUT2D eigenvalue weighted by Gasteiger charge is 2.04. The molecule has 1 aromatic rings. The van der Waals surface area contributed by atoms with Gasteiger partial charge in [-0.05, 0) is 30.7 Å². The average Bonchev–Trinajstić information content (AvgIpc) is 2.75. The zero-order valence-electron chi connectivity index (χ0n) is 18.7. The lowest BCUT2D eigenvalue weighted by atomic mass is 10.0. The molecular formula is C26H43NO2. The number of hydrogen-bond donors (Lipinski definition) is 1. The fourth-order valence-corrected chi connectivity index (χ4v) is 3.48. The summed E-state index contributed by atoms with van der Waals surface area (Å²) in [7, 11) is 0. The summed E-state index contributed by atoms with van der Waals surface area (Å²) >= 11 is 0. The largest absolute Gasteiger partial charge is 0.490 e. The first kappa shape index (κ1) is 25.3. The third-order valence-electron chi connectivity index (χ3n) is 5.30. The first-order chi connectivity index (χ1) is 14.3. The van der Waals surface area contributed by atoms with E-state index in [4.69, 9.17) is 4.74 Å². The van der Waals surface area contributed by atoms with Gasteiger partial charge in [0.2, 0.25) is 0 Å². The zero-order chi connectivity index (χ0) is 21.0. The van der Waals surface area contributed by atoms with Crippen LogP contribution in [0.15, 0.2) is 36.9 Å². The molecule has 164 valence electrons. The van der Waals surface area contributed by atoms with Crippen LogP contribution in [-0.2, 0) is 0 Å². The summed E-state index contributed by atoms with van der Waals surface area (Å²) in [4.78, 5) is 12.1. The van der Waals surface area contributed by atoms with Crippen LogP contribution in [0.4, 0.5) is 0 Å². The van der Waals surface area contributed by atoms with Gasteiger partial charge in [-0.1, -0.05) is 103 Å². The van der Waals surface area contributed by atoms with Crippen LogP contribution in [0.3, 0.4) is 0 Å². The van der Waals surface area contributed by atoms with E-state index in [0.717, 1.165) is 18.7 Å². The number of benzene rings is 1. The quantitative estimate of drug-likeness (QED) is 0.193. The monoisotopic (exact) mass is 401 g/mol. The summed E-state index contributed by atoms with van der Waals surface area (Å²) in [5, 5.41) is 3.01. The van der Waals surface area contributed by atoms with Crippen LogP contribution in [0.2, 0.25) is 0 Å². The SMILES string of the molecule is C=CCOc1ccc(C(=O)NCCCCCCCCCCCCCCCC)cc1. The Labute approximate surface area is 179 Å². The lowest BCUT2D eigenvalue weighted by molar-refractivity contribution is 0.0953. The Bertz CT molecular complexity index is 524. The molecule has 1 aromatic carbocycles. The Balaban J connectivity index is 1.90. The standard InChI is InChI=1S/C26H43NO2/c1-3-5-6-7-8-9-10-11-12-13-14-15-16-17-22-27-26(28)24-18-20-25(21-19-24)29-23-4-2/h4,18-21H,2-3,5-17,22-23H2,1H3,(H,27,28). The van der Waals surface area contributed by atoms with Crippen molar-refractivity contribution >= 4 is 5.91 Å². The van der Waals surface area contributed by atoms with Gasteiger partial charge in [0.25, 0.3) is 5.91 Å². The predicted octanol–water partition coefficient (Wildman–Crippen LogP) is 7.46. The Morgan fingerprint density at radius 2 is 1.31 bits per heavy atom. The molecular weight excluding hydrogens is 358 g/mol. The van der Waals surface area contributed by atoms with E-state index in [1.54, 1.807) is 18.2 Å². The van der Waals surface area contributed by atoms with Gasteiger partial charge in [-0.15, -0.1) is 0 Å². The first-order valence-corrected chi connectivity index (χ1v) is 11.9. The number of ether oxygens (including phenoxy) is 1. The predicted molar refractivity (Wildman–Crippen MR) is 125 cm³/mol. The normalized spacial score (nSPS) is 10.7. The van der Waals surface area contributed by atoms with Crippen molar-refractivity contribution in [2.24, 2.45) is 0 Å². The average molecular weight is 402 g/mol. The maximum absolute atomic E-state index is 12.1. The molecule has 0 unspecified atom stereocenters. The number of amides is 1. The van der Waals surface area contributed by atoms with E-state index in [9.17, 15) is 4.79 Å². The lowest BCUT2D eigenvalue weighted by Gasteiger charge is -2.07. The smallest absolute Gasteiger partial charge is 0.251 e. The van der Waals surface area contributed by atoms with Crippen LogP contribution in [0.25, 0.3) is 0 Å². The molecule has 0 atom stereocenters. The molecule has 3 heteroatoms. The van der Waals surface area contributed by atoms with Crippen LogP contribution < -0.4 is 10.1 Å². The van der Waals surface area contributed by atoms with Crippen molar-refractivity contribution in [2.75, 3.05) is 13.2 Å². The van der Waals surface area contributed by atoms with Crippen molar-refractivity contribution in [3.63, 3.8) is 0 Å². The second kappa shape index (κ2) is 18.3. The van der Waals surface area contributed by atoms with Crippen molar-refractivity contribution in [3.8, 4) is 5.75 Å². The number of nitrogens with one attached hydrogen (secondary N) is 1. The van der Waals surface area contributed by atoms with Crippen molar-refractivity contribution in [2.45, 2.75) is 96.8 Å². The summed E-state index contributed by atoms with van der Waals surface area (Å²) in [5.74, 6) is 0.753. The minimum atomic E-state index is -0.00466. The lowest BCUT2D eigenvalue weighted by Crippen LogP contribution is -2.24. The van der Waals surface area contributed by atoms with Gasteiger partial charge in [0.1, 0.15) is 12.4 Å². The Morgan fingerprint density at radius 3 is 1.79 bits per heavy atom. The van der Waals surface area contributed by atoms with E-state index in [1.165, 1.54) is 83.5 Å². The van der Waals surface area contributed by atoms with Gasteiger partial charge in [0.05, 0.1) is 0 Å². The number of unbranched alkanes of at least 4 members (excludes halogenated alkanes) is 13. The summed E-state index contributed by atoms with van der Waals surface area (Å²) in [6.45, 7) is 7.13. The van der Waals surface area contributed by atoms with Crippen molar-refractivity contribution in [3.05, 3.63) is 42.5 Å². The first-order valence-electron chi connectivity index (χ1n) is 11.9. The second-order valence-electron chi connectivity index (χ2n) is 7.98.